The monoisotopic (exact) mass is 499 g/mol. The summed E-state index contributed by atoms with van der Waals surface area (Å²) >= 11 is 0. The number of likely N-dealkylation sites (tertiary alicyclic amines) is 1. The lowest BCUT2D eigenvalue weighted by Gasteiger charge is -2.39. The molecule has 0 spiro atoms. The van der Waals surface area contributed by atoms with Crippen LogP contribution in [0.5, 0.6) is 0 Å². The molecule has 8 heteroatoms. The van der Waals surface area contributed by atoms with Crippen LogP contribution in [0.15, 0.2) is 53.4 Å². The molecule has 1 fully saturated rings. The minimum Gasteiger partial charge on any atom is -0.338 e. The summed E-state index contributed by atoms with van der Waals surface area (Å²) < 4.78 is 27.5. The predicted molar refractivity (Wildman–Crippen MR) is 138 cm³/mol. The van der Waals surface area contributed by atoms with E-state index < -0.39 is 10.0 Å². The topological polar surface area (TPSA) is 78.0 Å². The van der Waals surface area contributed by atoms with E-state index in [9.17, 15) is 18.0 Å². The molecule has 0 aromatic heterocycles. The summed E-state index contributed by atoms with van der Waals surface area (Å²) in [5, 5.41) is 0. The highest BCUT2D eigenvalue weighted by molar-refractivity contribution is 7.89. The van der Waals surface area contributed by atoms with Gasteiger partial charge in [0.05, 0.1) is 4.90 Å². The van der Waals surface area contributed by atoms with Crippen molar-refractivity contribution in [2.45, 2.75) is 57.9 Å². The van der Waals surface area contributed by atoms with Crippen LogP contribution in [0.3, 0.4) is 0 Å². The number of hydrogen-bond acceptors (Lipinski definition) is 4. The van der Waals surface area contributed by atoms with Crippen molar-refractivity contribution in [3.63, 3.8) is 0 Å². The van der Waals surface area contributed by atoms with Crippen LogP contribution in [0, 0.1) is 6.92 Å². The van der Waals surface area contributed by atoms with Gasteiger partial charge in [-0.2, -0.15) is 4.31 Å². The van der Waals surface area contributed by atoms with Crippen LogP contribution in [0.1, 0.15) is 66.3 Å². The molecule has 1 saturated heterocycles. The van der Waals surface area contributed by atoms with Crippen LogP contribution in [-0.4, -0.2) is 73.1 Å². The molecule has 2 amide bonds. The van der Waals surface area contributed by atoms with E-state index in [4.69, 9.17) is 0 Å². The zero-order chi connectivity index (χ0) is 25.6. The third kappa shape index (κ3) is 5.93. The summed E-state index contributed by atoms with van der Waals surface area (Å²) in [5.74, 6) is -0.128. The average Bonchev–Trinajstić information content (AvgIpc) is 2.88. The summed E-state index contributed by atoms with van der Waals surface area (Å²) in [6, 6.07) is 14.1. The third-order valence-electron chi connectivity index (χ3n) is 6.72. The van der Waals surface area contributed by atoms with Gasteiger partial charge in [0.2, 0.25) is 10.0 Å². The summed E-state index contributed by atoms with van der Waals surface area (Å²) in [6.45, 7) is 9.98. The Morgan fingerprint density at radius 3 is 2.17 bits per heavy atom. The highest BCUT2D eigenvalue weighted by atomic mass is 32.2. The first-order valence-corrected chi connectivity index (χ1v) is 13.9. The van der Waals surface area contributed by atoms with Crippen molar-refractivity contribution < 1.29 is 18.0 Å². The first kappa shape index (κ1) is 26.9. The van der Waals surface area contributed by atoms with Crippen LogP contribution in [0.25, 0.3) is 0 Å². The molecule has 2 aromatic rings. The summed E-state index contributed by atoms with van der Waals surface area (Å²) in [7, 11) is -3.66. The minimum absolute atomic E-state index is 0.00437. The molecule has 1 aliphatic heterocycles. The molecule has 35 heavy (non-hydrogen) atoms. The van der Waals surface area contributed by atoms with E-state index in [-0.39, 0.29) is 22.8 Å². The largest absolute Gasteiger partial charge is 0.338 e. The number of carbonyl (C=O) groups is 2. The molecule has 0 bridgehead atoms. The normalized spacial score (nSPS) is 14.8. The Kier molecular flexibility index (Phi) is 9.08. The van der Waals surface area contributed by atoms with Gasteiger partial charge in [0, 0.05) is 49.9 Å². The highest BCUT2D eigenvalue weighted by Crippen LogP contribution is 2.25. The van der Waals surface area contributed by atoms with Crippen molar-refractivity contribution in [2.75, 3.05) is 32.7 Å². The lowest BCUT2D eigenvalue weighted by molar-refractivity contribution is 0.0518. The number of amides is 2. The number of rotatable bonds is 9. The van der Waals surface area contributed by atoms with Crippen LogP contribution in [0.2, 0.25) is 0 Å². The fourth-order valence-corrected chi connectivity index (χ4v) is 6.18. The lowest BCUT2D eigenvalue weighted by Crippen LogP contribution is -2.49. The molecular weight excluding hydrogens is 462 g/mol. The molecule has 1 aliphatic rings. The fourth-order valence-electron chi connectivity index (χ4n) is 4.69. The van der Waals surface area contributed by atoms with E-state index in [1.165, 1.54) is 10.4 Å². The zero-order valence-electron chi connectivity index (χ0n) is 21.2. The SMILES string of the molecule is CCCN(C(=O)c1cc(S(=O)(=O)N(CC)CC)ccc1C)C1CCN(C(=O)c2ccccc2)CC1. The molecule has 1 heterocycles. The summed E-state index contributed by atoms with van der Waals surface area (Å²) in [6.07, 6.45) is 2.19. The number of sulfonamides is 1. The Labute approximate surface area is 209 Å². The standard InChI is InChI=1S/C27H37N3O4S/c1-5-17-30(23-15-18-28(19-16-23)26(31)22-11-9-8-10-12-22)27(32)25-20-24(14-13-21(25)4)35(33,34)29(6-2)7-3/h8-14,20,23H,5-7,15-19H2,1-4H3. The number of piperidine rings is 1. The van der Waals surface area contributed by atoms with Crippen molar-refractivity contribution in [3.8, 4) is 0 Å². The van der Waals surface area contributed by atoms with Crippen molar-refractivity contribution in [2.24, 2.45) is 0 Å². The molecule has 3 rings (SSSR count). The first-order valence-electron chi connectivity index (χ1n) is 12.5. The Bertz CT molecular complexity index is 1120. The van der Waals surface area contributed by atoms with Gasteiger partial charge in [-0.15, -0.1) is 0 Å². The van der Waals surface area contributed by atoms with Crippen LogP contribution < -0.4 is 0 Å². The average molecular weight is 500 g/mol. The van der Waals surface area contributed by atoms with Gasteiger partial charge in [-0.1, -0.05) is 45.0 Å². The Balaban J connectivity index is 1.80. The van der Waals surface area contributed by atoms with E-state index in [2.05, 4.69) is 0 Å². The maximum absolute atomic E-state index is 13.7. The summed E-state index contributed by atoms with van der Waals surface area (Å²) in [4.78, 5) is 30.4. The molecule has 0 radical (unpaired) electrons. The fraction of sp³-hybridized carbons (Fsp3) is 0.481. The number of hydrogen-bond donors (Lipinski definition) is 0. The van der Waals surface area contributed by atoms with Crippen molar-refractivity contribution >= 4 is 21.8 Å². The summed E-state index contributed by atoms with van der Waals surface area (Å²) in [5.41, 5.74) is 1.86. The van der Waals surface area contributed by atoms with Gasteiger partial charge in [-0.25, -0.2) is 8.42 Å². The molecule has 0 saturated carbocycles. The molecule has 2 aromatic carbocycles. The number of benzene rings is 2. The highest BCUT2D eigenvalue weighted by Gasteiger charge is 2.31. The van der Waals surface area contributed by atoms with Gasteiger partial charge in [0.25, 0.3) is 11.8 Å². The number of aryl methyl sites for hydroxylation is 1. The lowest BCUT2D eigenvalue weighted by atomic mass is 9.99. The minimum atomic E-state index is -3.66. The van der Waals surface area contributed by atoms with E-state index >= 15 is 0 Å². The first-order chi connectivity index (χ1) is 16.7. The third-order valence-corrected chi connectivity index (χ3v) is 8.77. The molecule has 0 unspecified atom stereocenters. The van der Waals surface area contributed by atoms with Gasteiger partial charge in [0.15, 0.2) is 0 Å². The second-order valence-corrected chi connectivity index (χ2v) is 10.9. The van der Waals surface area contributed by atoms with Crippen molar-refractivity contribution in [3.05, 3.63) is 65.2 Å². The van der Waals surface area contributed by atoms with Gasteiger partial charge in [0.1, 0.15) is 0 Å². The second kappa shape index (κ2) is 11.8. The molecule has 190 valence electrons. The van der Waals surface area contributed by atoms with Crippen molar-refractivity contribution in [1.82, 2.24) is 14.1 Å². The quantitative estimate of drug-likeness (QED) is 0.519. The molecule has 0 N–H and O–H groups in total. The van der Waals surface area contributed by atoms with E-state index in [0.717, 1.165) is 12.0 Å². The van der Waals surface area contributed by atoms with E-state index in [1.807, 2.05) is 54.0 Å². The van der Waals surface area contributed by atoms with E-state index in [1.54, 1.807) is 26.0 Å². The molecular formula is C27H37N3O4S. The Morgan fingerprint density at radius 1 is 0.971 bits per heavy atom. The van der Waals surface area contributed by atoms with Crippen LogP contribution in [-0.2, 0) is 10.0 Å². The Hall–Kier alpha value is -2.71. The maximum atomic E-state index is 13.7. The Morgan fingerprint density at radius 2 is 1.60 bits per heavy atom. The second-order valence-electron chi connectivity index (χ2n) is 8.95. The van der Waals surface area contributed by atoms with Gasteiger partial charge < -0.3 is 9.80 Å². The number of carbonyl (C=O) groups excluding carboxylic acids is 2. The zero-order valence-corrected chi connectivity index (χ0v) is 22.1. The number of nitrogens with zero attached hydrogens (tertiary/aromatic N) is 3. The van der Waals surface area contributed by atoms with Crippen molar-refractivity contribution in [1.29, 1.82) is 0 Å². The maximum Gasteiger partial charge on any atom is 0.254 e. The van der Waals surface area contributed by atoms with Crippen LogP contribution in [0.4, 0.5) is 0 Å². The van der Waals surface area contributed by atoms with Gasteiger partial charge in [-0.3, -0.25) is 9.59 Å². The van der Waals surface area contributed by atoms with E-state index in [0.29, 0.717) is 56.7 Å². The predicted octanol–water partition coefficient (Wildman–Crippen LogP) is 4.18. The molecule has 0 atom stereocenters. The molecule has 7 nitrogen and oxygen atoms in total. The van der Waals surface area contributed by atoms with Gasteiger partial charge >= 0.3 is 0 Å². The molecule has 0 aliphatic carbocycles. The van der Waals surface area contributed by atoms with Gasteiger partial charge in [-0.05, 0) is 56.0 Å². The van der Waals surface area contributed by atoms with Crippen LogP contribution >= 0.6 is 0 Å². The smallest absolute Gasteiger partial charge is 0.254 e.